The predicted molar refractivity (Wildman–Crippen MR) is 109 cm³/mol. The van der Waals surface area contributed by atoms with Crippen LogP contribution < -0.4 is 24.8 Å². The number of allylic oxidation sites excluding steroid dienone is 4. The molecule has 2 aliphatic carbocycles. The minimum atomic E-state index is 0. The van der Waals surface area contributed by atoms with Gasteiger partial charge in [-0.1, -0.05) is 74.4 Å². The molecule has 0 nitrogen and oxygen atoms in total. The van der Waals surface area contributed by atoms with Crippen LogP contribution in [0.1, 0.15) is 57.2 Å². The van der Waals surface area contributed by atoms with Crippen LogP contribution in [-0.2, 0) is 32.6 Å². The summed E-state index contributed by atoms with van der Waals surface area (Å²) >= 11 is 0. The summed E-state index contributed by atoms with van der Waals surface area (Å²) in [6.07, 6.45) is 9.99. The molecule has 0 radical (unpaired) electrons. The number of halogens is 2. The van der Waals surface area contributed by atoms with Crippen molar-refractivity contribution in [2.75, 3.05) is 0 Å². The maximum Gasteiger partial charge on any atom is 4.00 e. The smallest absolute Gasteiger partial charge is 1.00 e. The zero-order chi connectivity index (χ0) is 18.0. The zero-order valence-corrected chi connectivity index (χ0v) is 21.3. The topological polar surface area (TPSA) is 0 Å². The standard InChI is InChI=1S/C22H21.C3H7.2ClH.Zr/c1-22(2,3)19-10-8-16(14-19)15-9-11-21-18(12-15)13-17-6-4-5-7-20(17)21;1-3-2;;;/h4-11,14,16H,13H2,1-3H3;3H,1-2H3;2*1H;/q2*-1;;;+4/p-2. The number of fused-ring (bicyclic) bond motifs is 3. The third-order valence-electron chi connectivity index (χ3n) is 4.79. The zero-order valence-electron chi connectivity index (χ0n) is 17.3. The third kappa shape index (κ3) is 5.95. The summed E-state index contributed by atoms with van der Waals surface area (Å²) in [6, 6.07) is 16.9. The van der Waals surface area contributed by atoms with Gasteiger partial charge in [-0.15, -0.1) is 11.1 Å². The summed E-state index contributed by atoms with van der Waals surface area (Å²) in [5, 5.41) is 0. The molecule has 2 aromatic rings. The molecule has 0 spiro atoms. The monoisotopic (exact) mass is 488 g/mol. The minimum absolute atomic E-state index is 0. The van der Waals surface area contributed by atoms with E-state index in [9.17, 15) is 0 Å². The quantitative estimate of drug-likeness (QED) is 0.445. The Bertz CT molecular complexity index is 829. The maximum atomic E-state index is 3.69. The molecule has 0 amide bonds. The van der Waals surface area contributed by atoms with Crippen LogP contribution in [0.15, 0.2) is 60.2 Å². The molecule has 0 fully saturated rings. The number of rotatable bonds is 1. The molecule has 0 bridgehead atoms. The van der Waals surface area contributed by atoms with Crippen LogP contribution in [-0.4, -0.2) is 0 Å². The molecule has 0 aliphatic heterocycles. The van der Waals surface area contributed by atoms with Crippen molar-refractivity contribution in [2.24, 2.45) is 5.41 Å². The first-order chi connectivity index (χ1) is 11.9. The average molecular weight is 491 g/mol. The van der Waals surface area contributed by atoms with Gasteiger partial charge in [-0.25, -0.2) is 0 Å². The molecule has 0 saturated heterocycles. The van der Waals surface area contributed by atoms with E-state index in [0.717, 1.165) is 6.42 Å². The molecule has 0 heterocycles. The van der Waals surface area contributed by atoms with E-state index < -0.39 is 0 Å². The summed E-state index contributed by atoms with van der Waals surface area (Å²) in [7, 11) is 0. The van der Waals surface area contributed by atoms with Crippen LogP contribution in [0.3, 0.4) is 0 Å². The van der Waals surface area contributed by atoms with Crippen molar-refractivity contribution in [2.45, 2.75) is 47.0 Å². The fourth-order valence-electron chi connectivity index (χ4n) is 3.48. The molecule has 2 aromatic carbocycles. The van der Waals surface area contributed by atoms with Crippen molar-refractivity contribution in [3.8, 4) is 11.1 Å². The molecule has 3 heteroatoms. The Morgan fingerprint density at radius 2 is 1.61 bits per heavy atom. The summed E-state index contributed by atoms with van der Waals surface area (Å²) in [5.41, 5.74) is 8.47. The van der Waals surface area contributed by atoms with Gasteiger partial charge in [-0.2, -0.15) is 37.6 Å². The Hall–Kier alpha value is -0.617. The van der Waals surface area contributed by atoms with Crippen LogP contribution in [0.4, 0.5) is 0 Å². The van der Waals surface area contributed by atoms with E-state index in [1.165, 1.54) is 33.4 Å². The van der Waals surface area contributed by atoms with Gasteiger partial charge in [0.25, 0.3) is 0 Å². The first-order valence-corrected chi connectivity index (χ1v) is 9.22. The predicted octanol–water partition coefficient (Wildman–Crippen LogP) is 0.920. The number of benzene rings is 2. The summed E-state index contributed by atoms with van der Waals surface area (Å²) in [6.45, 7) is 10.8. The fourth-order valence-corrected chi connectivity index (χ4v) is 3.48. The van der Waals surface area contributed by atoms with Gasteiger partial charge in [0.2, 0.25) is 0 Å². The molecule has 2 aliphatic rings. The number of hydrogen-bond donors (Lipinski definition) is 0. The largest absolute Gasteiger partial charge is 4.00 e. The molecule has 146 valence electrons. The van der Waals surface area contributed by atoms with Crippen LogP contribution >= 0.6 is 0 Å². The molecule has 28 heavy (non-hydrogen) atoms. The van der Waals surface area contributed by atoms with Gasteiger partial charge in [0.05, 0.1) is 0 Å². The van der Waals surface area contributed by atoms with Gasteiger partial charge in [0, 0.05) is 0 Å². The average Bonchev–Trinajstić information content (AvgIpc) is 3.19. The van der Waals surface area contributed by atoms with Gasteiger partial charge in [0.15, 0.2) is 0 Å². The Balaban J connectivity index is 0.00000115. The van der Waals surface area contributed by atoms with Gasteiger partial charge in [-0.05, 0) is 23.3 Å². The Morgan fingerprint density at radius 1 is 0.964 bits per heavy atom. The van der Waals surface area contributed by atoms with Crippen molar-refractivity contribution in [3.63, 3.8) is 0 Å². The molecule has 4 rings (SSSR count). The molecule has 0 aromatic heterocycles. The Labute approximate surface area is 202 Å². The first-order valence-electron chi connectivity index (χ1n) is 9.22. The summed E-state index contributed by atoms with van der Waals surface area (Å²) in [4.78, 5) is 0. The summed E-state index contributed by atoms with van der Waals surface area (Å²) in [5.74, 6) is 0.378. The van der Waals surface area contributed by atoms with Crippen LogP contribution in [0.25, 0.3) is 11.1 Å². The van der Waals surface area contributed by atoms with E-state index in [2.05, 4.69) is 81.5 Å². The second kappa shape index (κ2) is 11.5. The summed E-state index contributed by atoms with van der Waals surface area (Å²) < 4.78 is 0. The van der Waals surface area contributed by atoms with E-state index in [4.69, 9.17) is 0 Å². The van der Waals surface area contributed by atoms with E-state index in [1.54, 1.807) is 0 Å². The van der Waals surface area contributed by atoms with Crippen molar-refractivity contribution in [1.29, 1.82) is 0 Å². The normalized spacial score (nSPS) is 15.6. The molecule has 0 saturated carbocycles. The first kappa shape index (κ1) is 27.4. The van der Waals surface area contributed by atoms with E-state index >= 15 is 0 Å². The van der Waals surface area contributed by atoms with Gasteiger partial charge in [0.1, 0.15) is 0 Å². The van der Waals surface area contributed by atoms with Gasteiger partial charge >= 0.3 is 26.2 Å². The Kier molecular flexibility index (Phi) is 11.3. The molecule has 1 unspecified atom stereocenters. The van der Waals surface area contributed by atoms with Crippen molar-refractivity contribution in [1.82, 2.24) is 0 Å². The van der Waals surface area contributed by atoms with Crippen LogP contribution in [0.5, 0.6) is 0 Å². The maximum absolute atomic E-state index is 3.69. The Morgan fingerprint density at radius 3 is 2.21 bits per heavy atom. The van der Waals surface area contributed by atoms with Gasteiger partial charge in [-0.3, -0.25) is 0 Å². The van der Waals surface area contributed by atoms with Gasteiger partial charge < -0.3 is 31.2 Å². The number of hydrogen-bond acceptors (Lipinski definition) is 0. The van der Waals surface area contributed by atoms with Crippen molar-refractivity contribution in [3.05, 3.63) is 89.4 Å². The van der Waals surface area contributed by atoms with E-state index in [1.807, 2.05) is 20.3 Å². The van der Waals surface area contributed by atoms with Crippen molar-refractivity contribution < 1.29 is 51.0 Å². The SMILES string of the molecule is CC(C)(C)C1=CC(c2[c-]c3c(cc2)-c2ccccc2C3)C=C1.C[CH-]C.[Cl-].[Cl-].[Zr+4]. The van der Waals surface area contributed by atoms with Crippen molar-refractivity contribution >= 4 is 0 Å². The molecular weight excluding hydrogens is 462 g/mol. The van der Waals surface area contributed by atoms with Crippen LogP contribution in [0.2, 0.25) is 0 Å². The molecule has 1 atom stereocenters. The van der Waals surface area contributed by atoms with E-state index in [-0.39, 0.29) is 56.4 Å². The second-order valence-corrected chi connectivity index (χ2v) is 7.97. The fraction of sp³-hybridized carbons (Fsp3) is 0.320. The third-order valence-corrected chi connectivity index (χ3v) is 4.79. The molecular formula is C25H28Cl2Zr. The van der Waals surface area contributed by atoms with Crippen LogP contribution in [0, 0.1) is 17.9 Å². The van der Waals surface area contributed by atoms with E-state index in [0.29, 0.717) is 5.92 Å². The minimum Gasteiger partial charge on any atom is -1.00 e. The molecule has 0 N–H and O–H groups in total. The second-order valence-electron chi connectivity index (χ2n) is 7.97.